The third-order valence-electron chi connectivity index (χ3n) is 2.55. The Hall–Kier alpha value is -0.600. The van der Waals surface area contributed by atoms with Gasteiger partial charge in [0.15, 0.2) is 0 Å². The average molecular weight is 202 g/mol. The van der Waals surface area contributed by atoms with E-state index in [1.807, 2.05) is 19.1 Å². The molecule has 0 radical (unpaired) electrons. The second-order valence-corrected chi connectivity index (χ2v) is 3.81. The second kappa shape index (κ2) is 3.28. The van der Waals surface area contributed by atoms with Crippen LogP contribution in [-0.2, 0) is 0 Å². The molecule has 1 fully saturated rings. The first-order chi connectivity index (χ1) is 5.59. The van der Waals surface area contributed by atoms with E-state index in [0.717, 1.165) is 12.0 Å². The highest BCUT2D eigenvalue weighted by atomic mass is 35.5. The molecule has 2 N–H and O–H groups in total. The third kappa shape index (κ3) is 2.01. The Morgan fingerprint density at radius 3 is 2.23 bits per heavy atom. The zero-order valence-corrected chi connectivity index (χ0v) is 8.27. The van der Waals surface area contributed by atoms with Crippen molar-refractivity contribution in [2.75, 3.05) is 0 Å². The zero-order valence-electron chi connectivity index (χ0n) is 7.46. The van der Waals surface area contributed by atoms with Gasteiger partial charge in [-0.2, -0.15) is 0 Å². The molecular weight excluding hydrogens is 189 g/mol. The van der Waals surface area contributed by atoms with Crippen molar-refractivity contribution in [3.05, 3.63) is 35.6 Å². The Morgan fingerprint density at radius 2 is 1.85 bits per heavy atom. The lowest BCUT2D eigenvalue weighted by Crippen LogP contribution is -2.18. The van der Waals surface area contributed by atoms with Gasteiger partial charge in [0.05, 0.1) is 0 Å². The summed E-state index contributed by atoms with van der Waals surface area (Å²) in [6.45, 7) is 2.03. The first-order valence-electron chi connectivity index (χ1n) is 4.14. The van der Waals surface area contributed by atoms with E-state index in [0.29, 0.717) is 5.92 Å². The molecule has 0 spiro atoms. The van der Waals surface area contributed by atoms with Gasteiger partial charge in [0.2, 0.25) is 0 Å². The third-order valence-corrected chi connectivity index (χ3v) is 2.55. The molecule has 1 aromatic carbocycles. The smallest absolute Gasteiger partial charge is 0.123 e. The number of hydrogen-bond acceptors (Lipinski definition) is 1. The molecule has 3 heteroatoms. The van der Waals surface area contributed by atoms with Crippen molar-refractivity contribution in [2.45, 2.75) is 24.8 Å². The van der Waals surface area contributed by atoms with E-state index >= 15 is 0 Å². The van der Waals surface area contributed by atoms with Crippen LogP contribution in [-0.4, -0.2) is 5.54 Å². The minimum atomic E-state index is -0.182. The van der Waals surface area contributed by atoms with E-state index in [9.17, 15) is 4.39 Å². The van der Waals surface area contributed by atoms with Crippen LogP contribution in [0.15, 0.2) is 24.3 Å². The number of rotatable bonds is 1. The quantitative estimate of drug-likeness (QED) is 0.742. The van der Waals surface area contributed by atoms with Crippen molar-refractivity contribution in [1.82, 2.24) is 0 Å². The molecule has 0 bridgehead atoms. The fourth-order valence-corrected chi connectivity index (χ4v) is 1.57. The molecule has 13 heavy (non-hydrogen) atoms. The Kier molecular flexibility index (Phi) is 2.64. The lowest BCUT2D eigenvalue weighted by molar-refractivity contribution is 0.626. The van der Waals surface area contributed by atoms with Crippen LogP contribution in [0.2, 0.25) is 0 Å². The fraction of sp³-hybridized carbons (Fsp3) is 0.400. The highest BCUT2D eigenvalue weighted by Gasteiger charge is 2.47. The molecule has 1 aliphatic rings. The molecule has 1 nitrogen and oxygen atoms in total. The normalized spacial score (nSPS) is 30.8. The van der Waals surface area contributed by atoms with Crippen molar-refractivity contribution in [1.29, 1.82) is 0 Å². The molecule has 0 unspecified atom stereocenters. The Balaban J connectivity index is 0.000000845. The summed E-state index contributed by atoms with van der Waals surface area (Å²) in [5, 5.41) is 0. The van der Waals surface area contributed by atoms with Gasteiger partial charge in [-0.15, -0.1) is 12.4 Å². The van der Waals surface area contributed by atoms with Crippen LogP contribution in [0.4, 0.5) is 4.39 Å². The van der Waals surface area contributed by atoms with Gasteiger partial charge in [0, 0.05) is 11.5 Å². The SMILES string of the molecule is C[C@@]1(N)C[C@H]1c1ccc(F)cc1.Cl. The Labute approximate surface area is 83.5 Å². The largest absolute Gasteiger partial charge is 0.325 e. The van der Waals surface area contributed by atoms with Crippen LogP contribution in [0.5, 0.6) is 0 Å². The van der Waals surface area contributed by atoms with Gasteiger partial charge < -0.3 is 5.73 Å². The van der Waals surface area contributed by atoms with E-state index in [1.54, 1.807) is 0 Å². The van der Waals surface area contributed by atoms with Gasteiger partial charge in [0.1, 0.15) is 5.82 Å². The maximum absolute atomic E-state index is 12.5. The molecule has 2 atom stereocenters. The molecule has 1 aromatic rings. The fourth-order valence-electron chi connectivity index (χ4n) is 1.57. The lowest BCUT2D eigenvalue weighted by Gasteiger charge is -2.02. The number of benzene rings is 1. The van der Waals surface area contributed by atoms with E-state index in [4.69, 9.17) is 5.73 Å². The van der Waals surface area contributed by atoms with Crippen molar-refractivity contribution >= 4 is 12.4 Å². The zero-order chi connectivity index (χ0) is 8.77. The first-order valence-corrected chi connectivity index (χ1v) is 4.14. The van der Waals surface area contributed by atoms with E-state index in [1.165, 1.54) is 12.1 Å². The van der Waals surface area contributed by atoms with Crippen molar-refractivity contribution in [3.8, 4) is 0 Å². The molecule has 0 aliphatic heterocycles. The van der Waals surface area contributed by atoms with Gasteiger partial charge >= 0.3 is 0 Å². The molecular formula is C10H13ClFN. The van der Waals surface area contributed by atoms with Crippen LogP contribution in [0.1, 0.15) is 24.8 Å². The number of nitrogens with two attached hydrogens (primary N) is 1. The number of hydrogen-bond donors (Lipinski definition) is 1. The van der Waals surface area contributed by atoms with Crippen molar-refractivity contribution in [2.24, 2.45) is 5.73 Å². The monoisotopic (exact) mass is 201 g/mol. The molecule has 1 saturated carbocycles. The summed E-state index contributed by atoms with van der Waals surface area (Å²) in [6.07, 6.45) is 1.01. The summed E-state index contributed by atoms with van der Waals surface area (Å²) in [7, 11) is 0. The van der Waals surface area contributed by atoms with Gasteiger partial charge in [-0.1, -0.05) is 12.1 Å². The predicted octanol–water partition coefficient (Wildman–Crippen LogP) is 2.45. The van der Waals surface area contributed by atoms with Crippen LogP contribution >= 0.6 is 12.4 Å². The average Bonchev–Trinajstić information content (AvgIpc) is 2.61. The van der Waals surface area contributed by atoms with E-state index in [2.05, 4.69) is 0 Å². The Bertz CT molecular complexity index is 294. The van der Waals surface area contributed by atoms with E-state index in [-0.39, 0.29) is 23.8 Å². The van der Waals surface area contributed by atoms with Gasteiger partial charge in [-0.3, -0.25) is 0 Å². The van der Waals surface area contributed by atoms with Gasteiger partial charge in [-0.05, 0) is 31.0 Å². The van der Waals surface area contributed by atoms with E-state index < -0.39 is 0 Å². The van der Waals surface area contributed by atoms with Crippen LogP contribution in [0.25, 0.3) is 0 Å². The standard InChI is InChI=1S/C10H12FN.ClH/c1-10(12)6-9(10)7-2-4-8(11)5-3-7;/h2-5,9H,6,12H2,1H3;1H/t9-,10+;/m0./s1. The Morgan fingerprint density at radius 1 is 1.38 bits per heavy atom. The molecule has 0 amide bonds. The first kappa shape index (κ1) is 10.5. The summed E-state index contributed by atoms with van der Waals surface area (Å²) < 4.78 is 12.5. The summed E-state index contributed by atoms with van der Waals surface area (Å²) in [5.74, 6) is 0.247. The maximum Gasteiger partial charge on any atom is 0.123 e. The highest BCUT2D eigenvalue weighted by molar-refractivity contribution is 5.85. The minimum absolute atomic E-state index is 0. The molecule has 1 aliphatic carbocycles. The number of halogens is 2. The maximum atomic E-state index is 12.5. The lowest BCUT2D eigenvalue weighted by atomic mass is 10.1. The summed E-state index contributed by atoms with van der Waals surface area (Å²) >= 11 is 0. The van der Waals surface area contributed by atoms with Gasteiger partial charge in [-0.25, -0.2) is 4.39 Å². The van der Waals surface area contributed by atoms with Gasteiger partial charge in [0.25, 0.3) is 0 Å². The molecule has 72 valence electrons. The van der Waals surface area contributed by atoms with Crippen LogP contribution < -0.4 is 5.73 Å². The summed E-state index contributed by atoms with van der Waals surface area (Å²) in [4.78, 5) is 0. The summed E-state index contributed by atoms with van der Waals surface area (Å²) in [5.41, 5.74) is 6.98. The highest BCUT2D eigenvalue weighted by Crippen LogP contribution is 2.48. The molecule has 0 saturated heterocycles. The topological polar surface area (TPSA) is 26.0 Å². The molecule has 2 rings (SSSR count). The molecule has 0 heterocycles. The second-order valence-electron chi connectivity index (χ2n) is 3.81. The van der Waals surface area contributed by atoms with Crippen molar-refractivity contribution < 1.29 is 4.39 Å². The molecule has 0 aromatic heterocycles. The summed E-state index contributed by atoms with van der Waals surface area (Å²) in [6, 6.07) is 6.61. The minimum Gasteiger partial charge on any atom is -0.325 e. The van der Waals surface area contributed by atoms with Crippen molar-refractivity contribution in [3.63, 3.8) is 0 Å². The van der Waals surface area contributed by atoms with Crippen LogP contribution in [0.3, 0.4) is 0 Å². The van der Waals surface area contributed by atoms with Crippen LogP contribution in [0, 0.1) is 5.82 Å². The predicted molar refractivity (Wildman–Crippen MR) is 53.6 cm³/mol.